The molecule has 0 unspecified atom stereocenters. The number of rotatable bonds is 3. The summed E-state index contributed by atoms with van der Waals surface area (Å²) in [5.41, 5.74) is 0.462. The van der Waals surface area contributed by atoms with Crippen molar-refractivity contribution in [2.75, 3.05) is 26.2 Å². The van der Waals surface area contributed by atoms with Gasteiger partial charge in [0.2, 0.25) is 11.8 Å². The van der Waals surface area contributed by atoms with Crippen LogP contribution in [0, 0.1) is 17.7 Å². The normalized spacial score (nSPS) is 27.8. The lowest BCUT2D eigenvalue weighted by molar-refractivity contribution is -0.141. The summed E-state index contributed by atoms with van der Waals surface area (Å²) in [7, 11) is 0. The van der Waals surface area contributed by atoms with Crippen LogP contribution in [0.2, 0.25) is 0 Å². The van der Waals surface area contributed by atoms with Gasteiger partial charge in [-0.25, -0.2) is 4.39 Å². The van der Waals surface area contributed by atoms with E-state index in [9.17, 15) is 14.0 Å². The number of carbonyl (C=O) groups is 2. The summed E-state index contributed by atoms with van der Waals surface area (Å²) in [6.45, 7) is 4.59. The fraction of sp³-hybridized carbons (Fsp3) is 0.579. The molecule has 2 aliphatic carbocycles. The molecule has 2 saturated carbocycles. The highest BCUT2D eigenvalue weighted by molar-refractivity contribution is 5.91. The zero-order valence-corrected chi connectivity index (χ0v) is 14.0. The lowest BCUT2D eigenvalue weighted by Crippen LogP contribution is -2.53. The molecule has 0 N–H and O–H groups in total. The van der Waals surface area contributed by atoms with E-state index in [-0.39, 0.29) is 23.5 Å². The van der Waals surface area contributed by atoms with Crippen LogP contribution in [-0.2, 0) is 15.0 Å². The molecule has 3 fully saturated rings. The zero-order chi connectivity index (χ0) is 16.9. The molecule has 4 nitrogen and oxygen atoms in total. The summed E-state index contributed by atoms with van der Waals surface area (Å²) >= 11 is 0. The van der Waals surface area contributed by atoms with E-state index in [4.69, 9.17) is 0 Å². The van der Waals surface area contributed by atoms with E-state index < -0.39 is 5.41 Å². The van der Waals surface area contributed by atoms with Gasteiger partial charge in [0.15, 0.2) is 0 Å². The van der Waals surface area contributed by atoms with Gasteiger partial charge in [-0.1, -0.05) is 19.1 Å². The maximum atomic E-state index is 13.1. The van der Waals surface area contributed by atoms with Gasteiger partial charge in [0.25, 0.3) is 0 Å². The van der Waals surface area contributed by atoms with E-state index >= 15 is 0 Å². The monoisotopic (exact) mass is 330 g/mol. The van der Waals surface area contributed by atoms with Crippen LogP contribution in [0.15, 0.2) is 24.3 Å². The van der Waals surface area contributed by atoms with Crippen molar-refractivity contribution < 1.29 is 14.0 Å². The number of nitrogens with zero attached hydrogens (tertiary/aromatic N) is 2. The van der Waals surface area contributed by atoms with Crippen molar-refractivity contribution in [1.82, 2.24) is 9.80 Å². The first-order chi connectivity index (χ1) is 11.5. The van der Waals surface area contributed by atoms with Crippen LogP contribution in [0.5, 0.6) is 0 Å². The van der Waals surface area contributed by atoms with E-state index in [1.54, 1.807) is 12.1 Å². The first-order valence-corrected chi connectivity index (χ1v) is 8.85. The smallest absolute Gasteiger partial charge is 0.233 e. The second-order valence-corrected chi connectivity index (χ2v) is 7.53. The van der Waals surface area contributed by atoms with E-state index in [0.717, 1.165) is 24.8 Å². The molecular formula is C19H23FN2O2. The largest absolute Gasteiger partial charge is 0.339 e. The standard InChI is InChI=1S/C19H23FN2O2/c1-13-12-16(13)17(23)21-8-10-22(11-9-21)18(24)19(6-7-19)14-2-4-15(20)5-3-14/h2-5,13,16H,6-12H2,1H3/t13-,16-/m1/s1. The molecule has 3 aliphatic rings. The number of carbonyl (C=O) groups excluding carboxylic acids is 2. The molecule has 1 saturated heterocycles. The predicted molar refractivity (Wildman–Crippen MR) is 87.7 cm³/mol. The van der Waals surface area contributed by atoms with Gasteiger partial charge in [-0.05, 0) is 42.9 Å². The molecule has 4 rings (SSSR count). The summed E-state index contributed by atoms with van der Waals surface area (Å²) in [6, 6.07) is 6.31. The van der Waals surface area contributed by atoms with Crippen molar-refractivity contribution in [1.29, 1.82) is 0 Å². The second-order valence-electron chi connectivity index (χ2n) is 7.53. The molecule has 1 aromatic rings. The fourth-order valence-corrected chi connectivity index (χ4v) is 3.85. The Hall–Kier alpha value is -1.91. The van der Waals surface area contributed by atoms with Gasteiger partial charge < -0.3 is 9.80 Å². The van der Waals surface area contributed by atoms with Gasteiger partial charge in [0.1, 0.15) is 5.82 Å². The van der Waals surface area contributed by atoms with Gasteiger partial charge in [-0.15, -0.1) is 0 Å². The Labute approximate surface area is 141 Å². The summed E-state index contributed by atoms with van der Waals surface area (Å²) in [5.74, 6) is 0.852. The minimum Gasteiger partial charge on any atom is -0.339 e. The molecule has 0 radical (unpaired) electrons. The fourth-order valence-electron chi connectivity index (χ4n) is 3.85. The lowest BCUT2D eigenvalue weighted by Gasteiger charge is -2.37. The average Bonchev–Trinajstić information content (AvgIpc) is 3.51. The lowest BCUT2D eigenvalue weighted by atomic mass is 9.94. The van der Waals surface area contributed by atoms with Gasteiger partial charge in [0.05, 0.1) is 5.41 Å². The van der Waals surface area contributed by atoms with E-state index in [2.05, 4.69) is 6.92 Å². The topological polar surface area (TPSA) is 40.6 Å². The Morgan fingerprint density at radius 3 is 2.08 bits per heavy atom. The van der Waals surface area contributed by atoms with Crippen molar-refractivity contribution in [3.05, 3.63) is 35.6 Å². The van der Waals surface area contributed by atoms with Gasteiger partial charge in [-0.2, -0.15) is 0 Å². The van der Waals surface area contributed by atoms with Crippen molar-refractivity contribution >= 4 is 11.8 Å². The van der Waals surface area contributed by atoms with Crippen molar-refractivity contribution in [3.63, 3.8) is 0 Å². The third-order valence-corrected chi connectivity index (χ3v) is 5.86. The first-order valence-electron chi connectivity index (χ1n) is 8.85. The zero-order valence-electron chi connectivity index (χ0n) is 14.0. The Kier molecular flexibility index (Phi) is 3.62. The molecule has 1 aromatic carbocycles. The molecule has 0 aromatic heterocycles. The Bertz CT molecular complexity index is 660. The SMILES string of the molecule is C[C@@H]1C[C@H]1C(=O)N1CCN(C(=O)C2(c3ccc(F)cc3)CC2)CC1. The number of benzene rings is 1. The highest BCUT2D eigenvalue weighted by atomic mass is 19.1. The Balaban J connectivity index is 1.39. The number of amides is 2. The third kappa shape index (κ3) is 2.60. The van der Waals surface area contributed by atoms with E-state index in [1.165, 1.54) is 12.1 Å². The molecule has 128 valence electrons. The summed E-state index contributed by atoms with van der Waals surface area (Å²) in [4.78, 5) is 29.1. The van der Waals surface area contributed by atoms with Crippen LogP contribution in [0.3, 0.4) is 0 Å². The first kappa shape index (κ1) is 15.6. The van der Waals surface area contributed by atoms with Crippen LogP contribution in [0.4, 0.5) is 4.39 Å². The molecule has 0 spiro atoms. The summed E-state index contributed by atoms with van der Waals surface area (Å²) < 4.78 is 13.1. The maximum Gasteiger partial charge on any atom is 0.233 e. The minimum atomic E-state index is -0.453. The van der Waals surface area contributed by atoms with Gasteiger partial charge >= 0.3 is 0 Å². The molecule has 1 heterocycles. The third-order valence-electron chi connectivity index (χ3n) is 5.86. The molecule has 5 heteroatoms. The number of hydrogen-bond acceptors (Lipinski definition) is 2. The summed E-state index contributed by atoms with van der Waals surface area (Å²) in [5, 5.41) is 0. The van der Waals surface area contributed by atoms with Crippen LogP contribution in [-0.4, -0.2) is 47.8 Å². The van der Waals surface area contributed by atoms with Crippen molar-refractivity contribution in [3.8, 4) is 0 Å². The van der Waals surface area contributed by atoms with Gasteiger partial charge in [-0.3, -0.25) is 9.59 Å². The van der Waals surface area contributed by atoms with Crippen LogP contribution in [0.1, 0.15) is 31.7 Å². The summed E-state index contributed by atoms with van der Waals surface area (Å²) in [6.07, 6.45) is 2.66. The van der Waals surface area contributed by atoms with Crippen LogP contribution in [0.25, 0.3) is 0 Å². The van der Waals surface area contributed by atoms with Gasteiger partial charge in [0, 0.05) is 32.1 Å². The molecule has 2 atom stereocenters. The maximum absolute atomic E-state index is 13.1. The molecule has 2 amide bonds. The Morgan fingerprint density at radius 1 is 1.04 bits per heavy atom. The van der Waals surface area contributed by atoms with Crippen molar-refractivity contribution in [2.24, 2.45) is 11.8 Å². The highest BCUT2D eigenvalue weighted by Crippen LogP contribution is 2.49. The number of piperazine rings is 1. The quantitative estimate of drug-likeness (QED) is 0.852. The van der Waals surface area contributed by atoms with Crippen molar-refractivity contribution in [2.45, 2.75) is 31.6 Å². The highest BCUT2D eigenvalue weighted by Gasteiger charge is 2.53. The molecule has 0 bridgehead atoms. The Morgan fingerprint density at radius 2 is 1.58 bits per heavy atom. The second kappa shape index (κ2) is 5.57. The van der Waals surface area contributed by atoms with E-state index in [0.29, 0.717) is 32.1 Å². The number of hydrogen-bond donors (Lipinski definition) is 0. The molecule has 1 aliphatic heterocycles. The molecule has 24 heavy (non-hydrogen) atoms. The average molecular weight is 330 g/mol. The van der Waals surface area contributed by atoms with Crippen LogP contribution >= 0.6 is 0 Å². The van der Waals surface area contributed by atoms with E-state index in [1.807, 2.05) is 9.80 Å². The predicted octanol–water partition coefficient (Wildman–Crippen LogP) is 2.18. The minimum absolute atomic E-state index is 0.140. The van der Waals surface area contributed by atoms with Crippen LogP contribution < -0.4 is 0 Å². The number of halogens is 1. The molecular weight excluding hydrogens is 307 g/mol.